The Labute approximate surface area is 131 Å². The molecular formula is C17H23N3O2. The van der Waals surface area contributed by atoms with E-state index in [2.05, 4.69) is 41.4 Å². The van der Waals surface area contributed by atoms with Crippen LogP contribution in [0.2, 0.25) is 0 Å². The lowest BCUT2D eigenvalue weighted by Crippen LogP contribution is -2.65. The molecule has 0 aromatic heterocycles. The minimum atomic E-state index is -0.456. The molecule has 2 saturated heterocycles. The van der Waals surface area contributed by atoms with Gasteiger partial charge in [0.1, 0.15) is 0 Å². The second kappa shape index (κ2) is 6.48. The zero-order valence-electron chi connectivity index (χ0n) is 13.0. The Hall–Kier alpha value is -1.88. The van der Waals surface area contributed by atoms with E-state index in [0.717, 1.165) is 26.1 Å². The fourth-order valence-electron chi connectivity index (χ4n) is 3.47. The standard InChI is InChI=1S/C17H23N3O2/c1-13(9-14-5-3-2-4-6-14)11-19-7-8-20-15(12-19)10-18-16(21)17(20)22/h2-6,13,15H,7-12H2,1H3,(H,18,21)/t13-,15-/m0/s1. The van der Waals surface area contributed by atoms with Crippen LogP contribution >= 0.6 is 0 Å². The Morgan fingerprint density at radius 1 is 1.23 bits per heavy atom. The monoisotopic (exact) mass is 301 g/mol. The van der Waals surface area contributed by atoms with E-state index in [0.29, 0.717) is 19.0 Å². The second-order valence-corrected chi connectivity index (χ2v) is 6.42. The molecular weight excluding hydrogens is 278 g/mol. The molecule has 2 aliphatic heterocycles. The van der Waals surface area contributed by atoms with E-state index in [4.69, 9.17) is 0 Å². The number of hydrogen-bond acceptors (Lipinski definition) is 3. The Morgan fingerprint density at radius 3 is 2.77 bits per heavy atom. The van der Waals surface area contributed by atoms with Gasteiger partial charge in [-0.2, -0.15) is 0 Å². The van der Waals surface area contributed by atoms with Crippen LogP contribution in [0.4, 0.5) is 0 Å². The average molecular weight is 301 g/mol. The van der Waals surface area contributed by atoms with Gasteiger partial charge in [0.2, 0.25) is 0 Å². The third-order valence-electron chi connectivity index (χ3n) is 4.52. The predicted octanol–water partition coefficient (Wildman–Crippen LogP) is 0.508. The molecule has 3 rings (SSSR count). The number of piperazine rings is 2. The molecule has 5 nitrogen and oxygen atoms in total. The van der Waals surface area contributed by atoms with Crippen molar-refractivity contribution in [2.45, 2.75) is 19.4 Å². The van der Waals surface area contributed by atoms with Crippen LogP contribution in [-0.4, -0.2) is 60.4 Å². The number of amides is 2. The quantitative estimate of drug-likeness (QED) is 0.825. The lowest BCUT2D eigenvalue weighted by Gasteiger charge is -2.44. The summed E-state index contributed by atoms with van der Waals surface area (Å²) in [6.07, 6.45) is 1.07. The molecule has 2 fully saturated rings. The molecule has 2 aliphatic rings. The van der Waals surface area contributed by atoms with Crippen molar-refractivity contribution in [3.63, 3.8) is 0 Å². The summed E-state index contributed by atoms with van der Waals surface area (Å²) in [6.45, 7) is 6.25. The lowest BCUT2D eigenvalue weighted by molar-refractivity contribution is -0.152. The summed E-state index contributed by atoms with van der Waals surface area (Å²) < 4.78 is 0. The van der Waals surface area contributed by atoms with Gasteiger partial charge in [-0.3, -0.25) is 14.5 Å². The van der Waals surface area contributed by atoms with Crippen molar-refractivity contribution in [1.82, 2.24) is 15.1 Å². The molecule has 1 aromatic rings. The van der Waals surface area contributed by atoms with Crippen molar-refractivity contribution in [3.8, 4) is 0 Å². The van der Waals surface area contributed by atoms with Crippen molar-refractivity contribution >= 4 is 11.8 Å². The number of carbonyl (C=O) groups is 2. The molecule has 0 unspecified atom stereocenters. The molecule has 1 N–H and O–H groups in total. The summed E-state index contributed by atoms with van der Waals surface area (Å²) in [5.41, 5.74) is 1.37. The first-order valence-corrected chi connectivity index (χ1v) is 7.98. The summed E-state index contributed by atoms with van der Waals surface area (Å²) in [7, 11) is 0. The zero-order chi connectivity index (χ0) is 15.5. The number of carbonyl (C=O) groups excluding carboxylic acids is 2. The SMILES string of the molecule is C[C@@H](Cc1ccccc1)CN1CCN2C(=O)C(=O)NC[C@H]2C1. The molecule has 22 heavy (non-hydrogen) atoms. The number of nitrogens with one attached hydrogen (secondary N) is 1. The van der Waals surface area contributed by atoms with Gasteiger partial charge >= 0.3 is 11.8 Å². The van der Waals surface area contributed by atoms with Gasteiger partial charge in [0.25, 0.3) is 0 Å². The van der Waals surface area contributed by atoms with Gasteiger partial charge in [-0.1, -0.05) is 37.3 Å². The van der Waals surface area contributed by atoms with E-state index < -0.39 is 5.91 Å². The molecule has 0 aliphatic carbocycles. The zero-order valence-corrected chi connectivity index (χ0v) is 13.0. The van der Waals surface area contributed by atoms with E-state index in [1.54, 1.807) is 4.90 Å². The normalized spacial score (nSPS) is 23.9. The van der Waals surface area contributed by atoms with Crippen molar-refractivity contribution in [1.29, 1.82) is 0 Å². The van der Waals surface area contributed by atoms with Crippen molar-refractivity contribution in [2.24, 2.45) is 5.92 Å². The topological polar surface area (TPSA) is 52.7 Å². The smallest absolute Gasteiger partial charge is 0.312 e. The maximum atomic E-state index is 11.8. The van der Waals surface area contributed by atoms with Gasteiger partial charge in [-0.15, -0.1) is 0 Å². The summed E-state index contributed by atoms with van der Waals surface area (Å²) >= 11 is 0. The first-order chi connectivity index (χ1) is 10.6. The van der Waals surface area contributed by atoms with E-state index in [1.807, 2.05) is 6.07 Å². The van der Waals surface area contributed by atoms with E-state index >= 15 is 0 Å². The van der Waals surface area contributed by atoms with Crippen LogP contribution in [0.5, 0.6) is 0 Å². The first-order valence-electron chi connectivity index (χ1n) is 7.98. The van der Waals surface area contributed by atoms with E-state index in [-0.39, 0.29) is 11.9 Å². The van der Waals surface area contributed by atoms with Crippen LogP contribution in [0.25, 0.3) is 0 Å². The number of nitrogens with zero attached hydrogens (tertiary/aromatic N) is 2. The third kappa shape index (κ3) is 3.30. The predicted molar refractivity (Wildman–Crippen MR) is 84.3 cm³/mol. The van der Waals surface area contributed by atoms with E-state index in [1.165, 1.54) is 5.56 Å². The fraction of sp³-hybridized carbons (Fsp3) is 0.529. The molecule has 0 bridgehead atoms. The average Bonchev–Trinajstić information content (AvgIpc) is 2.52. The van der Waals surface area contributed by atoms with Gasteiger partial charge in [-0.25, -0.2) is 0 Å². The summed E-state index contributed by atoms with van der Waals surface area (Å²) in [4.78, 5) is 27.4. The van der Waals surface area contributed by atoms with Gasteiger partial charge in [-0.05, 0) is 17.9 Å². The summed E-state index contributed by atoms with van der Waals surface area (Å²) in [6, 6.07) is 10.7. The van der Waals surface area contributed by atoms with Crippen molar-refractivity contribution in [3.05, 3.63) is 35.9 Å². The highest BCUT2D eigenvalue weighted by Gasteiger charge is 2.37. The Balaban J connectivity index is 1.52. The molecule has 5 heteroatoms. The number of fused-ring (bicyclic) bond motifs is 1. The van der Waals surface area contributed by atoms with Gasteiger partial charge in [0, 0.05) is 32.7 Å². The minimum Gasteiger partial charge on any atom is -0.346 e. The molecule has 0 radical (unpaired) electrons. The summed E-state index contributed by atoms with van der Waals surface area (Å²) in [5, 5.41) is 2.69. The third-order valence-corrected chi connectivity index (χ3v) is 4.52. The van der Waals surface area contributed by atoms with Crippen LogP contribution in [0.1, 0.15) is 12.5 Å². The molecule has 0 saturated carbocycles. The van der Waals surface area contributed by atoms with Crippen molar-refractivity contribution < 1.29 is 9.59 Å². The number of hydrogen-bond donors (Lipinski definition) is 1. The Kier molecular flexibility index (Phi) is 4.43. The maximum Gasteiger partial charge on any atom is 0.312 e. The first kappa shape index (κ1) is 15.0. The lowest BCUT2D eigenvalue weighted by atomic mass is 9.99. The second-order valence-electron chi connectivity index (χ2n) is 6.42. The van der Waals surface area contributed by atoms with Gasteiger partial charge in [0.05, 0.1) is 6.04 Å². The highest BCUT2D eigenvalue weighted by atomic mass is 16.2. The van der Waals surface area contributed by atoms with E-state index in [9.17, 15) is 9.59 Å². The van der Waals surface area contributed by atoms with Crippen molar-refractivity contribution in [2.75, 3.05) is 32.7 Å². The van der Waals surface area contributed by atoms with Gasteiger partial charge < -0.3 is 10.2 Å². The molecule has 0 spiro atoms. The van der Waals surface area contributed by atoms with Crippen LogP contribution in [0.15, 0.2) is 30.3 Å². The molecule has 2 atom stereocenters. The number of rotatable bonds is 4. The van der Waals surface area contributed by atoms with Gasteiger partial charge in [0.15, 0.2) is 0 Å². The molecule has 118 valence electrons. The largest absolute Gasteiger partial charge is 0.346 e. The molecule has 1 aromatic carbocycles. The molecule has 2 heterocycles. The highest BCUT2D eigenvalue weighted by molar-refractivity contribution is 6.35. The maximum absolute atomic E-state index is 11.8. The van der Waals surface area contributed by atoms with Crippen LogP contribution < -0.4 is 5.32 Å². The van der Waals surface area contributed by atoms with Crippen LogP contribution in [-0.2, 0) is 16.0 Å². The van der Waals surface area contributed by atoms with Crippen LogP contribution in [0.3, 0.4) is 0 Å². The molecule has 2 amide bonds. The Morgan fingerprint density at radius 2 is 2.00 bits per heavy atom. The highest BCUT2D eigenvalue weighted by Crippen LogP contribution is 2.16. The minimum absolute atomic E-state index is 0.128. The van der Waals surface area contributed by atoms with Crippen LogP contribution in [0, 0.1) is 5.92 Å². The summed E-state index contributed by atoms with van der Waals surface area (Å²) in [5.74, 6) is -0.252. The number of benzene rings is 1. The Bertz CT molecular complexity index is 546. The fourth-order valence-corrected chi connectivity index (χ4v) is 3.47.